The van der Waals surface area contributed by atoms with Crippen LogP contribution in [0.1, 0.15) is 16.1 Å². The predicted molar refractivity (Wildman–Crippen MR) is 85.3 cm³/mol. The van der Waals surface area contributed by atoms with Crippen LogP contribution in [0.25, 0.3) is 11.0 Å². The molecule has 0 saturated heterocycles. The summed E-state index contributed by atoms with van der Waals surface area (Å²) in [5, 5.41) is 3.73. The summed E-state index contributed by atoms with van der Waals surface area (Å²) in [6, 6.07) is 9.43. The molecule has 0 atom stereocenters. The van der Waals surface area contributed by atoms with Crippen LogP contribution in [0.4, 0.5) is 10.1 Å². The predicted octanol–water partition coefficient (Wildman–Crippen LogP) is 5.44. The molecule has 0 aliphatic heterocycles. The van der Waals surface area contributed by atoms with E-state index in [0.717, 1.165) is 0 Å². The molecule has 2 aromatic carbocycles. The van der Waals surface area contributed by atoms with Gasteiger partial charge in [-0.05, 0) is 25.1 Å². The van der Waals surface area contributed by atoms with Gasteiger partial charge in [0.2, 0.25) is 0 Å². The number of furan rings is 1. The lowest BCUT2D eigenvalue weighted by Crippen LogP contribution is -2.12. The van der Waals surface area contributed by atoms with E-state index in [2.05, 4.69) is 5.32 Å². The van der Waals surface area contributed by atoms with E-state index in [4.69, 9.17) is 27.6 Å². The van der Waals surface area contributed by atoms with E-state index in [-0.39, 0.29) is 16.4 Å². The maximum absolute atomic E-state index is 13.7. The third-order valence-electron chi connectivity index (χ3n) is 3.32. The zero-order chi connectivity index (χ0) is 15.9. The van der Waals surface area contributed by atoms with Crippen LogP contribution < -0.4 is 5.32 Å². The summed E-state index contributed by atoms with van der Waals surface area (Å²) >= 11 is 11.9. The molecular formula is C16H10Cl2FNO2. The second-order valence-electron chi connectivity index (χ2n) is 4.73. The minimum atomic E-state index is -0.516. The number of benzene rings is 2. The number of hydrogen-bond donors (Lipinski definition) is 1. The molecule has 1 heterocycles. The van der Waals surface area contributed by atoms with Crippen LogP contribution in [-0.4, -0.2) is 5.91 Å². The van der Waals surface area contributed by atoms with E-state index in [0.29, 0.717) is 21.7 Å². The fraction of sp³-hybridized carbons (Fsp3) is 0.0625. The van der Waals surface area contributed by atoms with Crippen LogP contribution in [0, 0.1) is 12.7 Å². The van der Waals surface area contributed by atoms with Crippen molar-refractivity contribution in [2.24, 2.45) is 0 Å². The van der Waals surface area contributed by atoms with Crippen LogP contribution in [0.3, 0.4) is 0 Å². The number of amides is 1. The lowest BCUT2D eigenvalue weighted by Gasteiger charge is -2.07. The second-order valence-corrected chi connectivity index (χ2v) is 5.51. The Labute approximate surface area is 135 Å². The van der Waals surface area contributed by atoms with Crippen LogP contribution in [0.15, 0.2) is 40.8 Å². The van der Waals surface area contributed by atoms with Gasteiger partial charge in [0.25, 0.3) is 5.91 Å². The van der Waals surface area contributed by atoms with E-state index in [1.54, 1.807) is 37.3 Å². The summed E-state index contributed by atoms with van der Waals surface area (Å²) in [4.78, 5) is 12.4. The fourth-order valence-electron chi connectivity index (χ4n) is 2.20. The monoisotopic (exact) mass is 337 g/mol. The van der Waals surface area contributed by atoms with Crippen molar-refractivity contribution in [2.75, 3.05) is 5.32 Å². The highest BCUT2D eigenvalue weighted by molar-refractivity contribution is 6.44. The van der Waals surface area contributed by atoms with E-state index >= 15 is 0 Å². The Morgan fingerprint density at radius 2 is 1.91 bits per heavy atom. The molecule has 1 aromatic heterocycles. The Kier molecular flexibility index (Phi) is 3.81. The normalized spacial score (nSPS) is 10.9. The van der Waals surface area contributed by atoms with Crippen molar-refractivity contribution in [3.8, 4) is 0 Å². The van der Waals surface area contributed by atoms with Crippen molar-refractivity contribution in [1.82, 2.24) is 0 Å². The van der Waals surface area contributed by atoms with Crippen LogP contribution in [0.2, 0.25) is 10.0 Å². The van der Waals surface area contributed by atoms with Crippen LogP contribution in [0.5, 0.6) is 0 Å². The number of hydrogen-bond acceptors (Lipinski definition) is 2. The van der Waals surface area contributed by atoms with Gasteiger partial charge in [0.1, 0.15) is 0 Å². The maximum atomic E-state index is 13.7. The van der Waals surface area contributed by atoms with E-state index in [1.165, 1.54) is 6.07 Å². The van der Waals surface area contributed by atoms with Gasteiger partial charge in [-0.2, -0.15) is 0 Å². The Balaban J connectivity index is 2.01. The van der Waals surface area contributed by atoms with Gasteiger partial charge in [-0.25, -0.2) is 4.39 Å². The molecule has 1 amide bonds. The molecule has 0 spiro atoms. The quantitative estimate of drug-likeness (QED) is 0.676. The molecule has 0 unspecified atom stereocenters. The Morgan fingerprint density at radius 1 is 1.18 bits per heavy atom. The first-order chi connectivity index (χ1) is 10.5. The number of fused-ring (bicyclic) bond motifs is 1. The van der Waals surface area contributed by atoms with Crippen LogP contribution in [-0.2, 0) is 0 Å². The zero-order valence-corrected chi connectivity index (χ0v) is 12.9. The molecule has 3 nitrogen and oxygen atoms in total. The first kappa shape index (κ1) is 14.9. The van der Waals surface area contributed by atoms with Gasteiger partial charge in [0, 0.05) is 10.9 Å². The maximum Gasteiger partial charge on any atom is 0.291 e. The number of para-hydroxylation sites is 1. The van der Waals surface area contributed by atoms with Gasteiger partial charge >= 0.3 is 0 Å². The number of halogens is 3. The number of rotatable bonds is 2. The van der Waals surface area contributed by atoms with Crippen molar-refractivity contribution < 1.29 is 13.6 Å². The number of nitrogens with one attached hydrogen (secondary N) is 1. The van der Waals surface area contributed by atoms with E-state index in [1.807, 2.05) is 0 Å². The van der Waals surface area contributed by atoms with Gasteiger partial charge in [-0.1, -0.05) is 41.4 Å². The summed E-state index contributed by atoms with van der Waals surface area (Å²) in [7, 11) is 0. The fourth-order valence-corrected chi connectivity index (χ4v) is 2.55. The summed E-state index contributed by atoms with van der Waals surface area (Å²) in [6.07, 6.45) is 0. The lowest BCUT2D eigenvalue weighted by atomic mass is 10.1. The van der Waals surface area contributed by atoms with Crippen molar-refractivity contribution in [1.29, 1.82) is 0 Å². The smallest absolute Gasteiger partial charge is 0.291 e. The van der Waals surface area contributed by atoms with E-state index < -0.39 is 11.7 Å². The Morgan fingerprint density at radius 3 is 2.64 bits per heavy atom. The highest BCUT2D eigenvalue weighted by Gasteiger charge is 2.20. The average Bonchev–Trinajstić information content (AvgIpc) is 2.83. The molecule has 3 aromatic rings. The second kappa shape index (κ2) is 5.63. The third-order valence-corrected chi connectivity index (χ3v) is 4.14. The minimum Gasteiger partial charge on any atom is -0.448 e. The highest BCUT2D eigenvalue weighted by atomic mass is 35.5. The molecule has 1 N–H and O–H groups in total. The Hall–Kier alpha value is -2.04. The molecule has 22 heavy (non-hydrogen) atoms. The van der Waals surface area contributed by atoms with Crippen LogP contribution >= 0.6 is 23.2 Å². The Bertz CT molecular complexity index is 889. The van der Waals surface area contributed by atoms with Crippen molar-refractivity contribution in [3.05, 3.63) is 63.6 Å². The minimum absolute atomic E-state index is 0.0381. The zero-order valence-electron chi connectivity index (χ0n) is 11.4. The van der Waals surface area contributed by atoms with Gasteiger partial charge in [0.05, 0.1) is 15.7 Å². The molecule has 0 fully saturated rings. The molecule has 112 valence electrons. The summed E-state index contributed by atoms with van der Waals surface area (Å²) in [6.45, 7) is 1.69. The third kappa shape index (κ3) is 2.45. The van der Waals surface area contributed by atoms with Gasteiger partial charge in [0.15, 0.2) is 17.2 Å². The van der Waals surface area contributed by atoms with Crippen molar-refractivity contribution in [3.63, 3.8) is 0 Å². The number of anilines is 1. The topological polar surface area (TPSA) is 42.2 Å². The molecule has 6 heteroatoms. The largest absolute Gasteiger partial charge is 0.448 e. The summed E-state index contributed by atoms with van der Waals surface area (Å²) < 4.78 is 19.1. The number of carbonyl (C=O) groups excluding carboxylic acids is 1. The molecule has 0 aliphatic carbocycles. The SMILES string of the molecule is Cc1c(C(=O)Nc2cccc(Cl)c2Cl)oc2c(F)cccc12. The van der Waals surface area contributed by atoms with Gasteiger partial charge in [-0.3, -0.25) is 4.79 Å². The molecular weight excluding hydrogens is 328 g/mol. The first-order valence-electron chi connectivity index (χ1n) is 6.42. The van der Waals surface area contributed by atoms with E-state index in [9.17, 15) is 9.18 Å². The first-order valence-corrected chi connectivity index (χ1v) is 7.17. The van der Waals surface area contributed by atoms with Crippen molar-refractivity contribution >= 4 is 45.8 Å². The summed E-state index contributed by atoms with van der Waals surface area (Å²) in [5.74, 6) is -0.992. The number of carbonyl (C=O) groups is 1. The molecule has 3 rings (SSSR count). The molecule has 0 bridgehead atoms. The molecule has 0 saturated carbocycles. The average molecular weight is 338 g/mol. The van der Waals surface area contributed by atoms with Crippen molar-refractivity contribution in [2.45, 2.75) is 6.92 Å². The molecule has 0 aliphatic rings. The number of aryl methyl sites for hydroxylation is 1. The standard InChI is InChI=1S/C16H10Cl2FNO2/c1-8-9-4-2-6-11(19)15(9)22-14(8)16(21)20-12-7-3-5-10(17)13(12)18/h2-7H,1H3,(H,20,21). The molecule has 0 radical (unpaired) electrons. The highest BCUT2D eigenvalue weighted by Crippen LogP contribution is 2.31. The van der Waals surface area contributed by atoms with Gasteiger partial charge in [-0.15, -0.1) is 0 Å². The van der Waals surface area contributed by atoms with Gasteiger partial charge < -0.3 is 9.73 Å². The summed E-state index contributed by atoms with van der Waals surface area (Å²) in [5.41, 5.74) is 0.979. The lowest BCUT2D eigenvalue weighted by molar-refractivity contribution is 0.0997.